The fraction of sp³-hybridized carbons (Fsp3) is 0.562. The highest BCUT2D eigenvalue weighted by atomic mass is 79.9. The van der Waals surface area contributed by atoms with Crippen molar-refractivity contribution in [3.8, 4) is 0 Å². The topological polar surface area (TPSA) is 32.3 Å². The number of carbonyl (C=O) groups excluding carboxylic acids is 1. The molecule has 1 aliphatic rings. The Bertz CT molecular complexity index is 537. The number of hydrogen-bond donors (Lipinski definition) is 1. The van der Waals surface area contributed by atoms with E-state index >= 15 is 0 Å². The molecule has 3 nitrogen and oxygen atoms in total. The van der Waals surface area contributed by atoms with Crippen LogP contribution in [-0.4, -0.2) is 24.5 Å². The van der Waals surface area contributed by atoms with Crippen molar-refractivity contribution in [2.24, 2.45) is 5.41 Å². The third-order valence-electron chi connectivity index (χ3n) is 3.82. The summed E-state index contributed by atoms with van der Waals surface area (Å²) in [5.74, 6) is 0.133. The Morgan fingerprint density at radius 1 is 1.25 bits per heavy atom. The number of benzene rings is 1. The molecular weight excluding hydrogens is 316 g/mol. The molecular formula is C16H23BrN2O. The molecule has 1 saturated heterocycles. The first-order valence-electron chi connectivity index (χ1n) is 6.96. The fourth-order valence-electron chi connectivity index (χ4n) is 2.55. The molecule has 2 rings (SSSR count). The van der Waals surface area contributed by atoms with Crippen LogP contribution >= 0.6 is 15.9 Å². The molecule has 4 heteroatoms. The molecule has 1 aromatic rings. The number of nitrogens with one attached hydrogen (secondary N) is 1. The quantitative estimate of drug-likeness (QED) is 0.849. The summed E-state index contributed by atoms with van der Waals surface area (Å²) in [6.45, 7) is 11.9. The van der Waals surface area contributed by atoms with Gasteiger partial charge in [-0.25, -0.2) is 0 Å². The Kier molecular flexibility index (Phi) is 4.00. The Balaban J connectivity index is 2.48. The number of carbonyl (C=O) groups is 1. The van der Waals surface area contributed by atoms with E-state index in [4.69, 9.17) is 0 Å². The number of hydrogen-bond acceptors (Lipinski definition) is 2. The van der Waals surface area contributed by atoms with Crippen molar-refractivity contribution < 1.29 is 4.79 Å². The molecule has 1 heterocycles. The molecule has 0 aromatic heterocycles. The third kappa shape index (κ3) is 3.07. The van der Waals surface area contributed by atoms with Gasteiger partial charge in [0.05, 0.1) is 5.54 Å². The zero-order valence-corrected chi connectivity index (χ0v) is 14.5. The van der Waals surface area contributed by atoms with Crippen molar-refractivity contribution in [3.05, 3.63) is 28.2 Å². The molecule has 0 saturated carbocycles. The van der Waals surface area contributed by atoms with Crippen LogP contribution in [0.25, 0.3) is 0 Å². The highest BCUT2D eigenvalue weighted by Crippen LogP contribution is 2.31. The minimum absolute atomic E-state index is 0.0446. The number of nitrogens with zero attached hydrogens (tertiary/aromatic N) is 1. The van der Waals surface area contributed by atoms with Crippen LogP contribution in [0.15, 0.2) is 22.7 Å². The Morgan fingerprint density at radius 2 is 1.90 bits per heavy atom. The summed E-state index contributed by atoms with van der Waals surface area (Å²) in [4.78, 5) is 14.8. The van der Waals surface area contributed by atoms with Gasteiger partial charge in [-0.2, -0.15) is 0 Å². The van der Waals surface area contributed by atoms with Gasteiger partial charge >= 0.3 is 0 Å². The van der Waals surface area contributed by atoms with Gasteiger partial charge in [-0.1, -0.05) is 29.8 Å². The first kappa shape index (κ1) is 15.5. The van der Waals surface area contributed by atoms with Gasteiger partial charge in [0.1, 0.15) is 0 Å². The Hall–Kier alpha value is -0.870. The highest BCUT2D eigenvalue weighted by Gasteiger charge is 2.40. The van der Waals surface area contributed by atoms with Gasteiger partial charge in [0.2, 0.25) is 5.91 Å². The number of halogens is 1. The van der Waals surface area contributed by atoms with E-state index < -0.39 is 5.54 Å². The molecule has 1 fully saturated rings. The van der Waals surface area contributed by atoms with Crippen LogP contribution in [0, 0.1) is 12.3 Å². The summed E-state index contributed by atoms with van der Waals surface area (Å²) in [6, 6.07) is 6.07. The predicted octanol–water partition coefficient (Wildman–Crippen LogP) is 3.50. The summed E-state index contributed by atoms with van der Waals surface area (Å²) in [7, 11) is 0. The van der Waals surface area contributed by atoms with Gasteiger partial charge in [-0.3, -0.25) is 4.79 Å². The molecule has 1 N–H and O–H groups in total. The second kappa shape index (κ2) is 5.15. The molecule has 20 heavy (non-hydrogen) atoms. The lowest BCUT2D eigenvalue weighted by Gasteiger charge is -2.32. The maximum atomic E-state index is 12.8. The molecule has 1 amide bonds. The average Bonchev–Trinajstić information content (AvgIpc) is 2.40. The Labute approximate surface area is 129 Å². The fourth-order valence-corrected chi connectivity index (χ4v) is 3.02. The SMILES string of the molecule is Cc1cc(Br)ccc1N1CC(C)(C)CNC(C)(C)C1=O. The van der Waals surface area contributed by atoms with Gasteiger partial charge in [-0.15, -0.1) is 0 Å². The zero-order chi connectivity index (χ0) is 15.1. The van der Waals surface area contributed by atoms with E-state index in [1.807, 2.05) is 37.8 Å². The summed E-state index contributed by atoms with van der Waals surface area (Å²) < 4.78 is 1.04. The van der Waals surface area contributed by atoms with Gasteiger partial charge in [0, 0.05) is 23.2 Å². The minimum atomic E-state index is -0.534. The van der Waals surface area contributed by atoms with E-state index in [-0.39, 0.29) is 11.3 Å². The highest BCUT2D eigenvalue weighted by molar-refractivity contribution is 9.10. The standard InChI is InChI=1S/C16H23BrN2O/c1-11-8-12(17)6-7-13(11)19-10-15(2,3)9-18-16(4,5)14(19)20/h6-8,18H,9-10H2,1-5H3. The summed E-state index contributed by atoms with van der Waals surface area (Å²) >= 11 is 3.48. The minimum Gasteiger partial charge on any atom is -0.310 e. The monoisotopic (exact) mass is 338 g/mol. The van der Waals surface area contributed by atoms with Crippen molar-refractivity contribution in [1.29, 1.82) is 0 Å². The molecule has 1 aliphatic heterocycles. The van der Waals surface area contributed by atoms with Crippen LogP contribution in [0.4, 0.5) is 5.69 Å². The lowest BCUT2D eigenvalue weighted by atomic mass is 9.93. The van der Waals surface area contributed by atoms with Gasteiger partial charge in [0.15, 0.2) is 0 Å². The van der Waals surface area contributed by atoms with E-state index in [1.165, 1.54) is 0 Å². The molecule has 0 spiro atoms. The van der Waals surface area contributed by atoms with Crippen LogP contribution < -0.4 is 10.2 Å². The van der Waals surface area contributed by atoms with E-state index in [0.717, 1.165) is 28.8 Å². The summed E-state index contributed by atoms with van der Waals surface area (Å²) in [5, 5.41) is 3.39. The van der Waals surface area contributed by atoms with Crippen LogP contribution in [-0.2, 0) is 4.79 Å². The second-order valence-electron chi connectivity index (χ2n) is 6.96. The lowest BCUT2D eigenvalue weighted by molar-refractivity contribution is -0.123. The summed E-state index contributed by atoms with van der Waals surface area (Å²) in [6.07, 6.45) is 0. The first-order valence-corrected chi connectivity index (χ1v) is 7.75. The molecule has 0 radical (unpaired) electrons. The van der Waals surface area contributed by atoms with Crippen molar-refractivity contribution in [1.82, 2.24) is 5.32 Å². The number of amides is 1. The molecule has 0 aliphatic carbocycles. The second-order valence-corrected chi connectivity index (χ2v) is 7.88. The van der Waals surface area contributed by atoms with Gasteiger partial charge in [-0.05, 0) is 49.9 Å². The maximum absolute atomic E-state index is 12.8. The molecule has 110 valence electrons. The smallest absolute Gasteiger partial charge is 0.246 e. The summed E-state index contributed by atoms with van der Waals surface area (Å²) in [5.41, 5.74) is 1.63. The maximum Gasteiger partial charge on any atom is 0.246 e. The van der Waals surface area contributed by atoms with Crippen molar-refractivity contribution in [3.63, 3.8) is 0 Å². The van der Waals surface area contributed by atoms with E-state index in [2.05, 4.69) is 41.2 Å². The van der Waals surface area contributed by atoms with Crippen molar-refractivity contribution >= 4 is 27.5 Å². The number of rotatable bonds is 1. The van der Waals surface area contributed by atoms with Gasteiger partial charge in [0.25, 0.3) is 0 Å². The number of anilines is 1. The van der Waals surface area contributed by atoms with Crippen LogP contribution in [0.5, 0.6) is 0 Å². The Morgan fingerprint density at radius 3 is 2.50 bits per heavy atom. The van der Waals surface area contributed by atoms with Crippen LogP contribution in [0.2, 0.25) is 0 Å². The third-order valence-corrected chi connectivity index (χ3v) is 4.32. The normalized spacial score (nSPS) is 21.7. The van der Waals surface area contributed by atoms with Crippen LogP contribution in [0.1, 0.15) is 33.3 Å². The average molecular weight is 339 g/mol. The zero-order valence-electron chi connectivity index (χ0n) is 12.9. The van der Waals surface area contributed by atoms with E-state index in [1.54, 1.807) is 0 Å². The number of aryl methyl sites for hydroxylation is 1. The largest absolute Gasteiger partial charge is 0.310 e. The van der Waals surface area contributed by atoms with Crippen LogP contribution in [0.3, 0.4) is 0 Å². The van der Waals surface area contributed by atoms with E-state index in [0.29, 0.717) is 0 Å². The molecule has 0 bridgehead atoms. The molecule has 0 unspecified atom stereocenters. The van der Waals surface area contributed by atoms with Crippen molar-refractivity contribution in [2.75, 3.05) is 18.0 Å². The predicted molar refractivity (Wildman–Crippen MR) is 87.1 cm³/mol. The van der Waals surface area contributed by atoms with Crippen molar-refractivity contribution in [2.45, 2.75) is 40.2 Å². The lowest BCUT2D eigenvalue weighted by Crippen LogP contribution is -2.52. The molecule has 1 aromatic carbocycles. The molecule has 0 atom stereocenters. The van der Waals surface area contributed by atoms with E-state index in [9.17, 15) is 4.79 Å². The van der Waals surface area contributed by atoms with Gasteiger partial charge < -0.3 is 10.2 Å². The first-order chi connectivity index (χ1) is 9.12.